The second-order valence-electron chi connectivity index (χ2n) is 21.6. The predicted molar refractivity (Wildman–Crippen MR) is 287 cm³/mol. The summed E-state index contributed by atoms with van der Waals surface area (Å²) in [4.78, 5) is 0. The standard InChI is InChI=1S/C62H54F2N2Si2/c1-67(2)57-35-47(51(63)33-49(57)61-45(37-17-5-6-18-37)29-39(31-59(61)67)65-53-25-13-9-21-41(53)42-22-10-14-26-54(42)65)48-36-58-50(34-52(48)64)62-46(38-19-7-8-20-38)30-40(32-60(62)68(58,3)4)66-55-27-15-11-23-43(55)44-24-12-16-28-56(44)66/h9-16,21-38H,5-8,17-20H2,1-4H3. The van der Waals surface area contributed by atoms with Crippen molar-refractivity contribution in [2.75, 3.05) is 0 Å². The molecule has 2 aliphatic carbocycles. The minimum atomic E-state index is -2.44. The second kappa shape index (κ2) is 14.6. The second-order valence-corrected chi connectivity index (χ2v) is 30.3. The molecule has 0 unspecified atom stereocenters. The Bertz CT molecular complexity index is 3450. The minimum absolute atomic E-state index is 0.334. The zero-order chi connectivity index (χ0) is 45.8. The van der Waals surface area contributed by atoms with Crippen LogP contribution in [0.5, 0.6) is 0 Å². The van der Waals surface area contributed by atoms with Crippen molar-refractivity contribution in [1.82, 2.24) is 9.13 Å². The number of hydrogen-bond acceptors (Lipinski definition) is 0. The van der Waals surface area contributed by atoms with E-state index in [0.717, 1.165) is 36.8 Å². The number of para-hydroxylation sites is 4. The van der Waals surface area contributed by atoms with E-state index in [1.807, 2.05) is 0 Å². The van der Waals surface area contributed by atoms with E-state index in [-0.39, 0.29) is 11.6 Å². The third-order valence-corrected chi connectivity index (χ3v) is 24.3. The predicted octanol–water partition coefficient (Wildman–Crippen LogP) is 14.7. The number of benzene rings is 8. The number of aromatic nitrogens is 2. The molecule has 2 aromatic heterocycles. The van der Waals surface area contributed by atoms with Crippen LogP contribution in [0.15, 0.2) is 146 Å². The van der Waals surface area contributed by atoms with E-state index in [9.17, 15) is 0 Å². The SMILES string of the molecule is C[Si]1(C)c2cc(-c3cc4c(cc3F)-c3c(C5CCCC5)cc(-n5c6ccccc6c6ccccc65)cc3[Si]4(C)C)c(F)cc2-c2c(C3CCCC3)cc(-n3c4ccccc4c4ccccc43)cc21. The molecule has 4 heterocycles. The molecule has 2 saturated carbocycles. The van der Waals surface area contributed by atoms with E-state index in [4.69, 9.17) is 0 Å². The summed E-state index contributed by atoms with van der Waals surface area (Å²) >= 11 is 0. The van der Waals surface area contributed by atoms with E-state index < -0.39 is 16.1 Å². The highest BCUT2D eigenvalue weighted by atomic mass is 28.3. The molecule has 14 rings (SSSR count). The van der Waals surface area contributed by atoms with Crippen LogP contribution in [0.1, 0.15) is 74.3 Å². The molecule has 0 N–H and O–H groups in total. The van der Waals surface area contributed by atoms with Gasteiger partial charge in [-0.15, -0.1) is 0 Å². The summed E-state index contributed by atoms with van der Waals surface area (Å²) in [6.07, 6.45) is 9.43. The Morgan fingerprint density at radius 1 is 0.382 bits per heavy atom. The van der Waals surface area contributed by atoms with Gasteiger partial charge in [0.1, 0.15) is 27.8 Å². The van der Waals surface area contributed by atoms with Crippen LogP contribution >= 0.6 is 0 Å². The van der Waals surface area contributed by atoms with Gasteiger partial charge in [-0.05, 0) is 152 Å². The van der Waals surface area contributed by atoms with Crippen LogP contribution < -0.4 is 20.7 Å². The first-order chi connectivity index (χ1) is 33.1. The molecular formula is C62H54F2N2Si2. The maximum Gasteiger partial charge on any atom is 0.131 e. The Labute approximate surface area is 398 Å². The summed E-state index contributed by atoms with van der Waals surface area (Å²) in [6.45, 7) is 9.72. The molecule has 0 bridgehead atoms. The zero-order valence-electron chi connectivity index (χ0n) is 39.3. The summed E-state index contributed by atoms with van der Waals surface area (Å²) in [7, 11) is -4.88. The van der Waals surface area contributed by atoms with Crippen molar-refractivity contribution >= 4 is 80.5 Å². The van der Waals surface area contributed by atoms with Crippen molar-refractivity contribution in [2.45, 2.75) is 89.4 Å². The van der Waals surface area contributed by atoms with E-state index in [2.05, 4.69) is 169 Å². The number of halogens is 2. The van der Waals surface area contributed by atoms with Gasteiger partial charge < -0.3 is 9.13 Å². The van der Waals surface area contributed by atoms with Gasteiger partial charge >= 0.3 is 0 Å². The highest BCUT2D eigenvalue weighted by Crippen LogP contribution is 2.47. The highest BCUT2D eigenvalue weighted by Gasteiger charge is 2.44. The fraction of sp³-hybridized carbons (Fsp3) is 0.226. The van der Waals surface area contributed by atoms with E-state index >= 15 is 8.78 Å². The van der Waals surface area contributed by atoms with Gasteiger partial charge in [-0.3, -0.25) is 0 Å². The summed E-state index contributed by atoms with van der Waals surface area (Å²) in [5.74, 6) is 0.171. The molecule has 10 aromatic rings. The summed E-state index contributed by atoms with van der Waals surface area (Å²) in [6, 6.07) is 52.5. The molecule has 68 heavy (non-hydrogen) atoms. The number of hydrogen-bond donors (Lipinski definition) is 0. The maximum atomic E-state index is 17.4. The molecule has 0 atom stereocenters. The Morgan fingerprint density at radius 3 is 1.04 bits per heavy atom. The topological polar surface area (TPSA) is 9.86 Å². The number of nitrogens with zero attached hydrogens (tertiary/aromatic N) is 2. The summed E-state index contributed by atoms with van der Waals surface area (Å²) in [5, 5.41) is 10.2. The first-order valence-corrected chi connectivity index (χ1v) is 31.1. The van der Waals surface area contributed by atoms with E-state index in [0.29, 0.717) is 23.0 Å². The lowest BCUT2D eigenvalue weighted by molar-refractivity contribution is 0.617. The molecule has 6 heteroatoms. The fourth-order valence-electron chi connectivity index (χ4n) is 14.0. The normalized spacial score (nSPS) is 17.2. The van der Waals surface area contributed by atoms with E-state index in [1.165, 1.54) is 124 Å². The van der Waals surface area contributed by atoms with Gasteiger partial charge in [0, 0.05) is 44.0 Å². The lowest BCUT2D eigenvalue weighted by Crippen LogP contribution is -2.50. The minimum Gasteiger partial charge on any atom is -0.309 e. The number of rotatable bonds is 5. The Kier molecular flexibility index (Phi) is 8.73. The van der Waals surface area contributed by atoms with Gasteiger partial charge in [-0.25, -0.2) is 8.78 Å². The van der Waals surface area contributed by atoms with Crippen molar-refractivity contribution in [2.24, 2.45) is 0 Å². The lowest BCUT2D eigenvalue weighted by Gasteiger charge is -2.23. The van der Waals surface area contributed by atoms with E-state index in [1.54, 1.807) is 12.1 Å². The average Bonchev–Trinajstić information content (AvgIpc) is 4.22. The average molecular weight is 921 g/mol. The first kappa shape index (κ1) is 40.7. The van der Waals surface area contributed by atoms with Gasteiger partial charge in [0.15, 0.2) is 0 Å². The third kappa shape index (κ3) is 5.59. The van der Waals surface area contributed by atoms with Gasteiger partial charge in [0.25, 0.3) is 0 Å². The molecule has 8 aromatic carbocycles. The quantitative estimate of drug-likeness (QED) is 0.152. The van der Waals surface area contributed by atoms with Crippen molar-refractivity contribution in [3.05, 3.63) is 168 Å². The van der Waals surface area contributed by atoms with Gasteiger partial charge in [0.05, 0.1) is 22.1 Å². The van der Waals surface area contributed by atoms with Gasteiger partial charge in [0.2, 0.25) is 0 Å². The van der Waals surface area contributed by atoms with Crippen molar-refractivity contribution in [3.8, 4) is 44.8 Å². The van der Waals surface area contributed by atoms with Crippen LogP contribution in [0.25, 0.3) is 88.4 Å². The molecule has 0 amide bonds. The van der Waals surface area contributed by atoms with Crippen molar-refractivity contribution < 1.29 is 8.78 Å². The lowest BCUT2D eigenvalue weighted by atomic mass is 9.87. The molecule has 0 saturated heterocycles. The zero-order valence-corrected chi connectivity index (χ0v) is 41.3. The van der Waals surface area contributed by atoms with Crippen LogP contribution in [0.2, 0.25) is 26.2 Å². The van der Waals surface area contributed by atoms with Crippen LogP contribution in [0.3, 0.4) is 0 Å². The van der Waals surface area contributed by atoms with Crippen LogP contribution in [-0.4, -0.2) is 25.3 Å². The van der Waals surface area contributed by atoms with Gasteiger partial charge in [-0.2, -0.15) is 0 Å². The first-order valence-electron chi connectivity index (χ1n) is 25.1. The maximum absolute atomic E-state index is 17.4. The Morgan fingerprint density at radius 2 is 0.706 bits per heavy atom. The Balaban J connectivity index is 0.933. The molecule has 2 nitrogen and oxygen atoms in total. The molecule has 0 radical (unpaired) electrons. The largest absolute Gasteiger partial charge is 0.309 e. The summed E-state index contributed by atoms with van der Waals surface area (Å²) < 4.78 is 39.7. The monoisotopic (exact) mass is 920 g/mol. The molecule has 334 valence electrons. The molecular weight excluding hydrogens is 867 g/mol. The fourth-order valence-corrected chi connectivity index (χ4v) is 20.1. The van der Waals surface area contributed by atoms with Crippen LogP contribution in [0.4, 0.5) is 8.78 Å². The highest BCUT2D eigenvalue weighted by molar-refractivity contribution is 7.04. The Hall–Kier alpha value is -6.35. The van der Waals surface area contributed by atoms with Crippen LogP contribution in [-0.2, 0) is 0 Å². The number of fused-ring (bicyclic) bond motifs is 12. The molecule has 0 spiro atoms. The molecule has 2 fully saturated rings. The molecule has 4 aliphatic rings. The summed E-state index contributed by atoms with van der Waals surface area (Å²) in [5.41, 5.74) is 15.2. The van der Waals surface area contributed by atoms with Gasteiger partial charge in [-0.1, -0.05) is 137 Å². The molecule has 2 aliphatic heterocycles. The third-order valence-electron chi connectivity index (χ3n) is 17.3. The van der Waals surface area contributed by atoms with Crippen molar-refractivity contribution in [1.29, 1.82) is 0 Å². The smallest absolute Gasteiger partial charge is 0.131 e. The van der Waals surface area contributed by atoms with Crippen LogP contribution in [0, 0.1) is 11.6 Å². The van der Waals surface area contributed by atoms with Crippen molar-refractivity contribution in [3.63, 3.8) is 0 Å².